The number of rotatable bonds is 5. The number of hydrogen-bond donors (Lipinski definition) is 1. The average molecular weight is 376 g/mol. The zero-order chi connectivity index (χ0) is 16.1. The minimum Gasteiger partial charge on any atom is -0.339 e. The number of piperazine rings is 1. The highest BCUT2D eigenvalue weighted by atomic mass is 35.5. The van der Waals surface area contributed by atoms with E-state index in [1.54, 1.807) is 0 Å². The third-order valence-electron chi connectivity index (χ3n) is 4.22. The van der Waals surface area contributed by atoms with E-state index in [0.29, 0.717) is 5.92 Å². The van der Waals surface area contributed by atoms with Crippen molar-refractivity contribution in [1.29, 1.82) is 0 Å². The number of nitrogens with two attached hydrogens (primary N) is 1. The van der Waals surface area contributed by atoms with E-state index in [2.05, 4.69) is 49.9 Å². The molecule has 0 radical (unpaired) electrons. The third kappa shape index (κ3) is 6.98. The Morgan fingerprint density at radius 1 is 1.17 bits per heavy atom. The molecule has 1 heterocycles. The van der Waals surface area contributed by atoms with E-state index < -0.39 is 0 Å². The topological polar surface area (TPSA) is 49.6 Å². The van der Waals surface area contributed by atoms with Crippen LogP contribution in [-0.4, -0.2) is 47.9 Å². The Labute approximate surface area is 158 Å². The van der Waals surface area contributed by atoms with Gasteiger partial charge in [0.25, 0.3) is 0 Å². The van der Waals surface area contributed by atoms with Crippen molar-refractivity contribution in [1.82, 2.24) is 9.80 Å². The lowest BCUT2D eigenvalue weighted by atomic mass is 10.0. The predicted molar refractivity (Wildman–Crippen MR) is 105 cm³/mol. The number of amides is 1. The molecular formula is C18H31Cl2N3O. The second-order valence-electron chi connectivity index (χ2n) is 6.83. The van der Waals surface area contributed by atoms with Crippen LogP contribution in [-0.2, 0) is 11.3 Å². The molecule has 4 nitrogen and oxygen atoms in total. The van der Waals surface area contributed by atoms with Gasteiger partial charge in [0.15, 0.2) is 0 Å². The van der Waals surface area contributed by atoms with Crippen molar-refractivity contribution in [3.63, 3.8) is 0 Å². The molecule has 1 fully saturated rings. The minimum atomic E-state index is -0.344. The summed E-state index contributed by atoms with van der Waals surface area (Å²) in [5.41, 5.74) is 8.66. The van der Waals surface area contributed by atoms with Gasteiger partial charge in [-0.15, -0.1) is 24.8 Å². The normalized spacial score (nSPS) is 16.3. The molecule has 1 aromatic rings. The van der Waals surface area contributed by atoms with Gasteiger partial charge in [0.05, 0.1) is 6.04 Å². The fourth-order valence-corrected chi connectivity index (χ4v) is 3.04. The molecule has 24 heavy (non-hydrogen) atoms. The highest BCUT2D eigenvalue weighted by Gasteiger charge is 2.25. The number of aryl methyl sites for hydroxylation is 1. The van der Waals surface area contributed by atoms with Gasteiger partial charge in [-0.05, 0) is 24.8 Å². The standard InChI is InChI=1S/C18H29N3O.2ClH/c1-14(2)11-17(19)18(22)21-9-7-20(8-10-21)13-16-6-4-5-15(3)12-16;;/h4-6,12,14,17H,7-11,13,19H2,1-3H3;2*1H/t17-;;/m0../s1. The van der Waals surface area contributed by atoms with E-state index in [9.17, 15) is 4.79 Å². The lowest BCUT2D eigenvalue weighted by molar-refractivity contribution is -0.134. The highest BCUT2D eigenvalue weighted by molar-refractivity contribution is 5.85. The number of carbonyl (C=O) groups excluding carboxylic acids is 1. The summed E-state index contributed by atoms with van der Waals surface area (Å²) in [4.78, 5) is 16.7. The van der Waals surface area contributed by atoms with E-state index in [4.69, 9.17) is 5.73 Å². The lowest BCUT2D eigenvalue weighted by Crippen LogP contribution is -2.53. The van der Waals surface area contributed by atoms with Gasteiger partial charge in [-0.25, -0.2) is 0 Å². The Bertz CT molecular complexity index is 503. The van der Waals surface area contributed by atoms with E-state index in [1.165, 1.54) is 11.1 Å². The smallest absolute Gasteiger partial charge is 0.239 e. The van der Waals surface area contributed by atoms with Gasteiger partial charge in [0.2, 0.25) is 5.91 Å². The van der Waals surface area contributed by atoms with Crippen LogP contribution < -0.4 is 5.73 Å². The van der Waals surface area contributed by atoms with Crippen LogP contribution in [0.15, 0.2) is 24.3 Å². The maximum absolute atomic E-state index is 12.3. The molecule has 0 unspecified atom stereocenters. The number of benzene rings is 1. The lowest BCUT2D eigenvalue weighted by Gasteiger charge is -2.36. The molecule has 2 rings (SSSR count). The molecule has 1 aliphatic heterocycles. The van der Waals surface area contributed by atoms with Gasteiger partial charge in [0, 0.05) is 32.7 Å². The Morgan fingerprint density at radius 2 is 1.79 bits per heavy atom. The monoisotopic (exact) mass is 375 g/mol. The summed E-state index contributed by atoms with van der Waals surface area (Å²) >= 11 is 0. The van der Waals surface area contributed by atoms with Crippen LogP contribution in [0.5, 0.6) is 0 Å². The first-order valence-electron chi connectivity index (χ1n) is 8.28. The molecule has 0 aromatic heterocycles. The SMILES string of the molecule is Cc1cccc(CN2CCN(C(=O)[C@@H](N)CC(C)C)CC2)c1.Cl.Cl. The van der Waals surface area contributed by atoms with Gasteiger partial charge in [0.1, 0.15) is 0 Å². The largest absolute Gasteiger partial charge is 0.339 e. The molecule has 2 N–H and O–H groups in total. The zero-order valence-corrected chi connectivity index (χ0v) is 16.5. The molecule has 0 spiro atoms. The molecule has 6 heteroatoms. The first-order chi connectivity index (χ1) is 10.5. The summed E-state index contributed by atoms with van der Waals surface area (Å²) in [5.74, 6) is 0.575. The molecule has 1 aromatic carbocycles. The maximum Gasteiger partial charge on any atom is 0.239 e. The van der Waals surface area contributed by atoms with Crippen LogP contribution in [0.4, 0.5) is 0 Å². The molecular weight excluding hydrogens is 345 g/mol. The second kappa shape index (κ2) is 10.9. The zero-order valence-electron chi connectivity index (χ0n) is 14.9. The van der Waals surface area contributed by atoms with E-state index >= 15 is 0 Å². The average Bonchev–Trinajstić information content (AvgIpc) is 2.46. The van der Waals surface area contributed by atoms with E-state index in [1.807, 2.05) is 4.90 Å². The second-order valence-corrected chi connectivity index (χ2v) is 6.83. The van der Waals surface area contributed by atoms with Crippen LogP contribution >= 0.6 is 24.8 Å². The molecule has 138 valence electrons. The van der Waals surface area contributed by atoms with Crippen LogP contribution in [0.25, 0.3) is 0 Å². The summed E-state index contributed by atoms with van der Waals surface area (Å²) in [6, 6.07) is 8.29. The maximum atomic E-state index is 12.3. The quantitative estimate of drug-likeness (QED) is 0.860. The Morgan fingerprint density at radius 3 is 2.33 bits per heavy atom. The van der Waals surface area contributed by atoms with Gasteiger partial charge in [-0.2, -0.15) is 0 Å². The van der Waals surface area contributed by atoms with Crippen molar-refractivity contribution in [3.8, 4) is 0 Å². The molecule has 1 amide bonds. The van der Waals surface area contributed by atoms with Gasteiger partial charge in [-0.1, -0.05) is 43.7 Å². The Hall–Kier alpha value is -0.810. The van der Waals surface area contributed by atoms with Crippen molar-refractivity contribution in [3.05, 3.63) is 35.4 Å². The molecule has 0 saturated carbocycles. The summed E-state index contributed by atoms with van der Waals surface area (Å²) < 4.78 is 0. The minimum absolute atomic E-state index is 0. The number of hydrogen-bond acceptors (Lipinski definition) is 3. The summed E-state index contributed by atoms with van der Waals surface area (Å²) in [6.07, 6.45) is 0.766. The van der Waals surface area contributed by atoms with Crippen LogP contribution in [0.2, 0.25) is 0 Å². The fourth-order valence-electron chi connectivity index (χ4n) is 3.04. The fraction of sp³-hybridized carbons (Fsp3) is 0.611. The Balaban J connectivity index is 0.00000264. The van der Waals surface area contributed by atoms with Crippen molar-refractivity contribution in [2.24, 2.45) is 11.7 Å². The molecule has 0 aliphatic carbocycles. The van der Waals surface area contributed by atoms with Crippen molar-refractivity contribution in [2.45, 2.75) is 39.8 Å². The molecule has 1 aliphatic rings. The van der Waals surface area contributed by atoms with Gasteiger partial charge < -0.3 is 10.6 Å². The highest BCUT2D eigenvalue weighted by Crippen LogP contribution is 2.12. The van der Waals surface area contributed by atoms with Crippen molar-refractivity contribution >= 4 is 30.7 Å². The third-order valence-corrected chi connectivity index (χ3v) is 4.22. The summed E-state index contributed by atoms with van der Waals surface area (Å²) in [7, 11) is 0. The first kappa shape index (κ1) is 23.2. The van der Waals surface area contributed by atoms with Crippen LogP contribution in [0, 0.1) is 12.8 Å². The molecule has 1 atom stereocenters. The van der Waals surface area contributed by atoms with Crippen LogP contribution in [0.1, 0.15) is 31.4 Å². The predicted octanol–water partition coefficient (Wildman–Crippen LogP) is 2.86. The Kier molecular flexibility index (Phi) is 10.6. The van der Waals surface area contributed by atoms with Gasteiger partial charge >= 0.3 is 0 Å². The van der Waals surface area contributed by atoms with E-state index in [0.717, 1.165) is 39.1 Å². The number of carbonyl (C=O) groups is 1. The first-order valence-corrected chi connectivity index (χ1v) is 8.28. The van der Waals surface area contributed by atoms with Gasteiger partial charge in [-0.3, -0.25) is 9.69 Å². The number of nitrogens with zero attached hydrogens (tertiary/aromatic N) is 2. The molecule has 1 saturated heterocycles. The van der Waals surface area contributed by atoms with E-state index in [-0.39, 0.29) is 36.8 Å². The number of halogens is 2. The van der Waals surface area contributed by atoms with Crippen molar-refractivity contribution < 1.29 is 4.79 Å². The van der Waals surface area contributed by atoms with Crippen LogP contribution in [0.3, 0.4) is 0 Å². The molecule has 0 bridgehead atoms. The van der Waals surface area contributed by atoms with Crippen molar-refractivity contribution in [2.75, 3.05) is 26.2 Å². The summed E-state index contributed by atoms with van der Waals surface area (Å²) in [5, 5.41) is 0. The summed E-state index contributed by atoms with van der Waals surface area (Å²) in [6.45, 7) is 10.7.